The number of carbonyl (C=O) groups is 1. The summed E-state index contributed by atoms with van der Waals surface area (Å²) in [5, 5.41) is 0. The van der Waals surface area contributed by atoms with E-state index in [0.29, 0.717) is 23.7 Å². The Morgan fingerprint density at radius 3 is 2.58 bits per heavy atom. The maximum absolute atomic E-state index is 14.0. The Morgan fingerprint density at radius 2 is 1.81 bits per heavy atom. The number of halogens is 1. The molecule has 6 heteroatoms. The summed E-state index contributed by atoms with van der Waals surface area (Å²) in [4.78, 5) is 16.4. The Morgan fingerprint density at radius 1 is 1.03 bits per heavy atom. The van der Waals surface area contributed by atoms with Gasteiger partial charge in [-0.3, -0.25) is 0 Å². The van der Waals surface area contributed by atoms with E-state index in [4.69, 9.17) is 14.2 Å². The fraction of sp³-hybridized carbons (Fsp3) is 0.120. The zero-order valence-corrected chi connectivity index (χ0v) is 17.1. The lowest BCUT2D eigenvalue weighted by Gasteiger charge is -2.12. The van der Waals surface area contributed by atoms with E-state index in [-0.39, 0.29) is 17.2 Å². The van der Waals surface area contributed by atoms with Gasteiger partial charge in [-0.05, 0) is 54.0 Å². The van der Waals surface area contributed by atoms with Crippen LogP contribution >= 0.6 is 0 Å². The van der Waals surface area contributed by atoms with E-state index in [9.17, 15) is 9.18 Å². The molecule has 5 nitrogen and oxygen atoms in total. The van der Waals surface area contributed by atoms with Gasteiger partial charge >= 0.3 is 5.97 Å². The smallest absolute Gasteiger partial charge is 0.363 e. The molecule has 0 spiro atoms. The van der Waals surface area contributed by atoms with Gasteiger partial charge in [-0.25, -0.2) is 14.2 Å². The molecule has 0 N–H and O–H groups in total. The first-order valence-corrected chi connectivity index (χ1v) is 9.68. The minimum absolute atomic E-state index is 0.0566. The Balaban J connectivity index is 1.60. The van der Waals surface area contributed by atoms with Crippen LogP contribution in [0.4, 0.5) is 4.39 Å². The summed E-state index contributed by atoms with van der Waals surface area (Å²) >= 11 is 0. The number of hydrogen-bond acceptors (Lipinski definition) is 5. The topological polar surface area (TPSA) is 57.1 Å². The molecular formula is C25H20FNO4. The van der Waals surface area contributed by atoms with E-state index in [1.54, 1.807) is 43.5 Å². The molecule has 156 valence electrons. The fourth-order valence-electron chi connectivity index (χ4n) is 3.14. The summed E-state index contributed by atoms with van der Waals surface area (Å²) in [5.41, 5.74) is 3.07. The molecule has 31 heavy (non-hydrogen) atoms. The van der Waals surface area contributed by atoms with Gasteiger partial charge in [0.05, 0.1) is 12.7 Å². The van der Waals surface area contributed by atoms with E-state index in [1.807, 2.05) is 31.2 Å². The molecule has 0 saturated carbocycles. The van der Waals surface area contributed by atoms with E-state index >= 15 is 0 Å². The number of cyclic esters (lactones) is 1. The highest BCUT2D eigenvalue weighted by atomic mass is 19.1. The molecule has 1 heterocycles. The van der Waals surface area contributed by atoms with E-state index in [1.165, 1.54) is 12.1 Å². The van der Waals surface area contributed by atoms with Gasteiger partial charge < -0.3 is 14.2 Å². The second-order valence-corrected chi connectivity index (χ2v) is 6.94. The van der Waals surface area contributed by atoms with Crippen LogP contribution in [0.15, 0.2) is 77.4 Å². The minimum atomic E-state index is -0.642. The molecule has 0 atom stereocenters. The number of nitrogens with zero attached hydrogens (tertiary/aromatic N) is 1. The molecule has 0 saturated heterocycles. The number of hydrogen-bond donors (Lipinski definition) is 0. The number of carbonyl (C=O) groups excluding carboxylic acids is 1. The van der Waals surface area contributed by atoms with Gasteiger partial charge in [0.2, 0.25) is 5.90 Å². The molecule has 1 aliphatic rings. The number of methoxy groups -OCH3 is 1. The lowest BCUT2D eigenvalue weighted by Crippen LogP contribution is -2.07. The summed E-state index contributed by atoms with van der Waals surface area (Å²) in [6.07, 6.45) is 1.57. The first-order valence-electron chi connectivity index (χ1n) is 9.68. The van der Waals surface area contributed by atoms with Crippen LogP contribution in [-0.4, -0.2) is 19.0 Å². The van der Waals surface area contributed by atoms with Crippen molar-refractivity contribution in [3.63, 3.8) is 0 Å². The number of benzene rings is 3. The summed E-state index contributed by atoms with van der Waals surface area (Å²) < 4.78 is 30.5. The third kappa shape index (κ3) is 4.48. The Labute approximate surface area is 179 Å². The van der Waals surface area contributed by atoms with Gasteiger partial charge in [-0.15, -0.1) is 0 Å². The molecule has 4 rings (SSSR count). The Hall–Kier alpha value is -3.93. The molecule has 0 radical (unpaired) electrons. The van der Waals surface area contributed by atoms with Crippen LogP contribution in [0, 0.1) is 12.7 Å². The number of ether oxygens (including phenoxy) is 3. The number of esters is 1. The van der Waals surface area contributed by atoms with Crippen LogP contribution < -0.4 is 9.47 Å². The van der Waals surface area contributed by atoms with Gasteiger partial charge in [0.15, 0.2) is 17.2 Å². The van der Waals surface area contributed by atoms with Crippen molar-refractivity contribution in [1.82, 2.24) is 0 Å². The zero-order valence-electron chi connectivity index (χ0n) is 17.1. The third-order valence-corrected chi connectivity index (χ3v) is 4.86. The van der Waals surface area contributed by atoms with Gasteiger partial charge in [0.1, 0.15) is 12.4 Å². The molecule has 3 aromatic carbocycles. The zero-order chi connectivity index (χ0) is 21.8. The molecule has 0 fully saturated rings. The second kappa shape index (κ2) is 8.83. The predicted octanol–water partition coefficient (Wildman–Crippen LogP) is 5.07. The van der Waals surface area contributed by atoms with Crippen molar-refractivity contribution in [3.05, 3.63) is 100 Å². The first-order chi connectivity index (χ1) is 15.0. The normalized spacial score (nSPS) is 14.4. The van der Waals surface area contributed by atoms with E-state index in [2.05, 4.69) is 4.99 Å². The van der Waals surface area contributed by atoms with Gasteiger partial charge in [0, 0.05) is 0 Å². The van der Waals surface area contributed by atoms with E-state index < -0.39 is 11.8 Å². The summed E-state index contributed by atoms with van der Waals surface area (Å²) in [6, 6.07) is 19.2. The Kier molecular flexibility index (Phi) is 5.80. The average Bonchev–Trinajstić information content (AvgIpc) is 3.13. The lowest BCUT2D eigenvalue weighted by atomic mass is 10.1. The molecule has 0 amide bonds. The largest absolute Gasteiger partial charge is 0.493 e. The molecule has 0 bridgehead atoms. The molecule has 1 aliphatic heterocycles. The monoisotopic (exact) mass is 417 g/mol. The van der Waals surface area contributed by atoms with Crippen LogP contribution in [-0.2, 0) is 16.1 Å². The maximum atomic E-state index is 14.0. The minimum Gasteiger partial charge on any atom is -0.493 e. The third-order valence-electron chi connectivity index (χ3n) is 4.86. The highest BCUT2D eigenvalue weighted by molar-refractivity contribution is 6.12. The van der Waals surface area contributed by atoms with Crippen molar-refractivity contribution in [2.75, 3.05) is 7.11 Å². The van der Waals surface area contributed by atoms with Crippen LogP contribution in [0.25, 0.3) is 6.08 Å². The summed E-state index contributed by atoms with van der Waals surface area (Å²) in [5.74, 6) is -0.105. The average molecular weight is 417 g/mol. The molecule has 0 aromatic heterocycles. The van der Waals surface area contributed by atoms with E-state index in [0.717, 1.165) is 11.1 Å². The van der Waals surface area contributed by atoms with Crippen molar-refractivity contribution in [2.45, 2.75) is 13.5 Å². The highest BCUT2D eigenvalue weighted by Crippen LogP contribution is 2.31. The quantitative estimate of drug-likeness (QED) is 0.415. The van der Waals surface area contributed by atoms with Crippen molar-refractivity contribution in [3.8, 4) is 11.5 Å². The maximum Gasteiger partial charge on any atom is 0.363 e. The van der Waals surface area contributed by atoms with Crippen LogP contribution in [0.1, 0.15) is 22.3 Å². The van der Waals surface area contributed by atoms with Crippen LogP contribution in [0.3, 0.4) is 0 Å². The standard InChI is InChI=1S/C25H20FNO4/c1-16-7-3-4-8-18(16)15-30-23-14-17(11-12-22(23)29-2)13-21-25(28)31-24(27-21)19-9-5-6-10-20(19)26/h3-14H,15H2,1-2H3/b21-13-. The van der Waals surface area contributed by atoms with Crippen molar-refractivity contribution in [1.29, 1.82) is 0 Å². The van der Waals surface area contributed by atoms with Gasteiger partial charge in [-0.1, -0.05) is 42.5 Å². The second-order valence-electron chi connectivity index (χ2n) is 6.94. The fourth-order valence-corrected chi connectivity index (χ4v) is 3.14. The van der Waals surface area contributed by atoms with Crippen LogP contribution in [0.5, 0.6) is 11.5 Å². The lowest BCUT2D eigenvalue weighted by molar-refractivity contribution is -0.129. The predicted molar refractivity (Wildman–Crippen MR) is 116 cm³/mol. The summed E-state index contributed by atoms with van der Waals surface area (Å²) in [6.45, 7) is 2.40. The van der Waals surface area contributed by atoms with Gasteiger partial charge in [0.25, 0.3) is 0 Å². The van der Waals surface area contributed by atoms with Crippen molar-refractivity contribution >= 4 is 17.9 Å². The van der Waals surface area contributed by atoms with Crippen molar-refractivity contribution in [2.24, 2.45) is 4.99 Å². The number of aryl methyl sites for hydroxylation is 1. The van der Waals surface area contributed by atoms with Crippen molar-refractivity contribution < 1.29 is 23.4 Å². The Bertz CT molecular complexity index is 1200. The molecule has 0 aliphatic carbocycles. The van der Waals surface area contributed by atoms with Crippen LogP contribution in [0.2, 0.25) is 0 Å². The van der Waals surface area contributed by atoms with Gasteiger partial charge in [-0.2, -0.15) is 0 Å². The molecule has 0 unspecified atom stereocenters. The SMILES string of the molecule is COc1ccc(/C=C2\N=C(c3ccccc3F)OC2=O)cc1OCc1ccccc1C. The highest BCUT2D eigenvalue weighted by Gasteiger charge is 2.26. The molecular weight excluding hydrogens is 397 g/mol. The summed E-state index contributed by atoms with van der Waals surface area (Å²) in [7, 11) is 1.56. The number of rotatable bonds is 6. The molecule has 3 aromatic rings. The number of aliphatic imine (C=N–C) groups is 1. The first kappa shape index (κ1) is 20.3.